The molecule has 0 bridgehead atoms. The molecule has 1 aliphatic rings. The predicted molar refractivity (Wildman–Crippen MR) is 210 cm³/mol. The van der Waals surface area contributed by atoms with Crippen LogP contribution in [0.2, 0.25) is 0 Å². The number of phosphoric acid groups is 3. The minimum atomic E-state index is -5.57. The number of carbonyl (C=O) groups is 3. The quantitative estimate of drug-likeness (QED) is 0.0367. The van der Waals surface area contributed by atoms with Gasteiger partial charge in [0.2, 0.25) is 11.8 Å². The highest BCUT2D eigenvalue weighted by molar-refractivity contribution is 8.13. The van der Waals surface area contributed by atoms with Gasteiger partial charge >= 0.3 is 23.5 Å². The number of phosphoric ester groups is 3. The van der Waals surface area contributed by atoms with Gasteiger partial charge in [0.1, 0.15) is 36.3 Å². The second-order valence-corrected chi connectivity index (χ2v) is 19.2. The number of ether oxygens (including phenoxy) is 1. The zero-order valence-corrected chi connectivity index (χ0v) is 36.0. The van der Waals surface area contributed by atoms with E-state index < -0.39 is 84.6 Å². The molecule has 2 amide bonds. The van der Waals surface area contributed by atoms with Gasteiger partial charge in [-0.2, -0.15) is 4.31 Å². The highest BCUT2D eigenvalue weighted by Crippen LogP contribution is 2.61. The summed E-state index contributed by atoms with van der Waals surface area (Å²) in [5, 5.41) is 26.5. The summed E-state index contributed by atoms with van der Waals surface area (Å²) in [7, 11) is -16.4. The first-order valence-corrected chi connectivity index (χ1v) is 23.8. The Morgan fingerprint density at radius 2 is 1.71 bits per heavy atom. The van der Waals surface area contributed by atoms with Crippen molar-refractivity contribution in [1.82, 2.24) is 30.2 Å². The molecule has 3 heterocycles. The highest BCUT2D eigenvalue weighted by Gasteiger charge is 2.50. The summed E-state index contributed by atoms with van der Waals surface area (Å²) < 4.78 is 62.2. The first-order chi connectivity index (χ1) is 27.6. The number of aromatic nitrogens is 4. The number of anilines is 1. The zero-order valence-electron chi connectivity index (χ0n) is 32.5. The molecule has 7 atom stereocenters. The number of nitrogens with one attached hydrogen (secondary N) is 2. The van der Waals surface area contributed by atoms with Crippen molar-refractivity contribution in [3.05, 3.63) is 24.8 Å². The number of allylic oxidation sites excluding steroid dienone is 2. The molecule has 0 aliphatic carbocycles. The molecule has 59 heavy (non-hydrogen) atoms. The monoisotopic (exact) mass is 919 g/mol. The SMILES string of the molecule is CCCCC/C=C\CCC(=O)SCCNC(=O)CCNC(=O)C(O)C(C)(C)COP(=O)(O)OP(=O)(O)OC[C@H]1O[C@@H](n2cnc3c(N)ncnc32)[C@H](O)[C@@H]1OP(=O)(O)O. The van der Waals surface area contributed by atoms with Crippen molar-refractivity contribution >= 4 is 69.1 Å². The Balaban J connectivity index is 1.43. The summed E-state index contributed by atoms with van der Waals surface area (Å²) in [6.45, 7) is 2.66. The van der Waals surface area contributed by atoms with Crippen LogP contribution in [0, 0.1) is 5.41 Å². The Morgan fingerprint density at radius 1 is 1.02 bits per heavy atom. The summed E-state index contributed by atoms with van der Waals surface area (Å²) >= 11 is 1.11. The standard InChI is InChI=1S/C31H52N7O17P3S/c1-4-5-6-7-8-9-10-11-22(40)59-15-14-33-21(39)12-13-34-29(43)26(42)31(2,3)17-52-58(49,50)55-57(47,48)51-16-20-25(54-56(44,45)46)24(41)30(53-20)38-19-37-23-27(32)35-18-36-28(23)38/h8-9,18-20,24-26,30,41-42H,4-7,10-17H2,1-3H3,(H,33,39)(H,34,43)(H,47,48)(H,49,50)(H2,32,35,36)(H2,44,45,46)/b9-8-/t20-,24-,25-,26?,30-/m1/s1. The van der Waals surface area contributed by atoms with Crippen molar-refractivity contribution in [3.63, 3.8) is 0 Å². The Hall–Kier alpha value is -2.70. The molecule has 3 rings (SSSR count). The van der Waals surface area contributed by atoms with Gasteiger partial charge in [-0.05, 0) is 19.3 Å². The molecule has 1 saturated heterocycles. The minimum absolute atomic E-state index is 0.00869. The minimum Gasteiger partial charge on any atom is -0.386 e. The van der Waals surface area contributed by atoms with Crippen LogP contribution in [0.4, 0.5) is 5.82 Å². The largest absolute Gasteiger partial charge is 0.481 e. The molecule has 1 aliphatic heterocycles. The predicted octanol–water partition coefficient (Wildman–Crippen LogP) is 1.58. The maximum Gasteiger partial charge on any atom is 0.481 e. The number of nitrogens with zero attached hydrogens (tertiary/aromatic N) is 4. The first kappa shape index (κ1) is 50.7. The number of nitrogens with two attached hydrogens (primary N) is 1. The van der Waals surface area contributed by atoms with Gasteiger partial charge in [0, 0.05) is 37.1 Å². The first-order valence-electron chi connectivity index (χ1n) is 18.3. The van der Waals surface area contributed by atoms with E-state index in [1.54, 1.807) is 0 Å². The molecular weight excluding hydrogens is 867 g/mol. The van der Waals surface area contributed by atoms with E-state index in [9.17, 15) is 57.9 Å². The molecule has 334 valence electrons. The van der Waals surface area contributed by atoms with E-state index in [0.717, 1.165) is 48.2 Å². The van der Waals surface area contributed by atoms with E-state index in [4.69, 9.17) is 19.5 Å². The Bertz CT molecular complexity index is 1900. The van der Waals surface area contributed by atoms with Gasteiger partial charge in [0.15, 0.2) is 22.8 Å². The van der Waals surface area contributed by atoms with Gasteiger partial charge in [-0.15, -0.1) is 0 Å². The van der Waals surface area contributed by atoms with Gasteiger partial charge in [0.25, 0.3) is 0 Å². The molecule has 3 unspecified atom stereocenters. The van der Waals surface area contributed by atoms with Crippen LogP contribution in [0.15, 0.2) is 24.8 Å². The van der Waals surface area contributed by atoms with Crippen molar-refractivity contribution in [2.24, 2.45) is 5.41 Å². The van der Waals surface area contributed by atoms with E-state index in [1.165, 1.54) is 20.3 Å². The summed E-state index contributed by atoms with van der Waals surface area (Å²) in [5.41, 5.74) is 4.27. The molecule has 2 aromatic rings. The summed E-state index contributed by atoms with van der Waals surface area (Å²) in [5.74, 6) is -1.07. The van der Waals surface area contributed by atoms with Crippen LogP contribution in [0.3, 0.4) is 0 Å². The summed E-state index contributed by atoms with van der Waals surface area (Å²) in [6.07, 6.45) is 2.66. The lowest BCUT2D eigenvalue weighted by Gasteiger charge is -2.30. The molecule has 1 fully saturated rings. The summed E-state index contributed by atoms with van der Waals surface area (Å²) in [6, 6.07) is 0. The van der Waals surface area contributed by atoms with E-state index in [-0.39, 0.29) is 41.6 Å². The van der Waals surface area contributed by atoms with Gasteiger partial charge in [-0.1, -0.05) is 57.5 Å². The van der Waals surface area contributed by atoms with Crippen LogP contribution in [-0.2, 0) is 50.7 Å². The maximum absolute atomic E-state index is 12.7. The number of aliphatic hydroxyl groups excluding tert-OH is 2. The van der Waals surface area contributed by atoms with Gasteiger partial charge in [-0.25, -0.2) is 28.6 Å². The zero-order chi connectivity index (χ0) is 44.0. The number of hydrogen-bond acceptors (Lipinski definition) is 18. The Morgan fingerprint density at radius 3 is 2.41 bits per heavy atom. The number of rotatable bonds is 26. The molecule has 24 nitrogen and oxygen atoms in total. The third-order valence-electron chi connectivity index (χ3n) is 8.42. The third kappa shape index (κ3) is 16.9. The second-order valence-electron chi connectivity index (χ2n) is 13.8. The van der Waals surface area contributed by atoms with E-state index >= 15 is 0 Å². The lowest BCUT2D eigenvalue weighted by Crippen LogP contribution is -2.46. The van der Waals surface area contributed by atoms with Crippen LogP contribution < -0.4 is 16.4 Å². The van der Waals surface area contributed by atoms with Gasteiger partial charge in [0.05, 0.1) is 19.5 Å². The van der Waals surface area contributed by atoms with Crippen molar-refractivity contribution in [1.29, 1.82) is 0 Å². The normalized spacial score (nSPS) is 21.3. The Kier molecular flexibility index (Phi) is 19.7. The Labute approximate surface area is 343 Å². The second kappa shape index (κ2) is 22.9. The number of imidazole rings is 1. The fourth-order valence-corrected chi connectivity index (χ4v) is 8.84. The third-order valence-corrected chi connectivity index (χ3v) is 12.5. The lowest BCUT2D eigenvalue weighted by molar-refractivity contribution is -0.137. The van der Waals surface area contributed by atoms with Crippen LogP contribution in [0.1, 0.15) is 71.9 Å². The summed E-state index contributed by atoms with van der Waals surface area (Å²) in [4.78, 5) is 87.8. The average molecular weight is 920 g/mol. The van der Waals surface area contributed by atoms with E-state index in [2.05, 4.69) is 47.4 Å². The number of amides is 2. The molecule has 2 aromatic heterocycles. The van der Waals surface area contributed by atoms with Crippen LogP contribution in [0.25, 0.3) is 11.2 Å². The van der Waals surface area contributed by atoms with Crippen LogP contribution >= 0.6 is 35.2 Å². The molecule has 0 radical (unpaired) electrons. The average Bonchev–Trinajstić information content (AvgIpc) is 3.71. The molecule has 0 saturated carbocycles. The van der Waals surface area contributed by atoms with Crippen molar-refractivity contribution in [3.8, 4) is 0 Å². The van der Waals surface area contributed by atoms with Gasteiger partial charge in [-0.3, -0.25) is 32.5 Å². The molecule has 28 heteroatoms. The number of unbranched alkanes of at least 4 members (excludes halogenated alkanes) is 3. The molecule has 0 spiro atoms. The highest BCUT2D eigenvalue weighted by atomic mass is 32.2. The topological polar surface area (TPSA) is 364 Å². The number of hydrogen-bond donors (Lipinski definition) is 9. The number of aliphatic hydroxyl groups is 2. The maximum atomic E-state index is 12.7. The fourth-order valence-electron chi connectivity index (χ4n) is 5.32. The van der Waals surface area contributed by atoms with Crippen molar-refractivity contribution in [2.75, 3.05) is 37.8 Å². The number of fused-ring (bicyclic) bond motifs is 1. The van der Waals surface area contributed by atoms with Crippen LogP contribution in [0.5, 0.6) is 0 Å². The fraction of sp³-hybridized carbons (Fsp3) is 0.677. The molecule has 0 aromatic carbocycles. The lowest BCUT2D eigenvalue weighted by atomic mass is 9.87. The molecular formula is C31H52N7O17P3S. The molecule has 10 N–H and O–H groups in total. The van der Waals surface area contributed by atoms with Gasteiger partial charge < -0.3 is 50.9 Å². The number of carbonyl (C=O) groups excluding carboxylic acids is 3. The number of nitrogen functional groups attached to an aromatic ring is 1. The smallest absolute Gasteiger partial charge is 0.386 e. The van der Waals surface area contributed by atoms with E-state index in [1.807, 2.05) is 6.08 Å². The van der Waals surface area contributed by atoms with E-state index in [0.29, 0.717) is 18.6 Å². The van der Waals surface area contributed by atoms with Crippen molar-refractivity contribution < 1.29 is 80.5 Å². The number of thioether (sulfide) groups is 1. The van der Waals surface area contributed by atoms with Crippen molar-refractivity contribution in [2.45, 2.75) is 96.4 Å². The van der Waals surface area contributed by atoms with Crippen LogP contribution in [-0.4, -0.2) is 123 Å².